The second-order valence-corrected chi connectivity index (χ2v) is 3.22. The van der Waals surface area contributed by atoms with Crippen LogP contribution in [-0.4, -0.2) is 21.0 Å². The second kappa shape index (κ2) is 4.47. The Morgan fingerprint density at radius 2 is 2.29 bits per heavy atom. The summed E-state index contributed by atoms with van der Waals surface area (Å²) in [5.74, 6) is 0.328. The summed E-state index contributed by atoms with van der Waals surface area (Å²) in [6.07, 6.45) is 2.58. The van der Waals surface area contributed by atoms with Crippen LogP contribution in [0.2, 0.25) is 0 Å². The van der Waals surface area contributed by atoms with Crippen molar-refractivity contribution in [1.82, 2.24) is 15.1 Å². The van der Waals surface area contributed by atoms with Crippen LogP contribution in [0.4, 0.5) is 11.5 Å². The number of primary amides is 1. The van der Waals surface area contributed by atoms with Crippen LogP contribution in [0.25, 0.3) is 0 Å². The SMILES string of the molecule is NC(=O)c1cc(NCc2ncon2)ncc1N. The molecule has 2 rings (SSSR count). The minimum atomic E-state index is -0.604. The standard InChI is InChI=1S/C9H10N6O2/c10-6-2-12-7(1-5(6)9(11)16)13-3-8-14-4-17-15-8/h1-2,4H,3,10H2,(H2,11,16)(H,12,13). The maximum absolute atomic E-state index is 11.1. The molecule has 0 aliphatic heterocycles. The molecule has 0 atom stereocenters. The number of anilines is 2. The van der Waals surface area contributed by atoms with Gasteiger partial charge in [0, 0.05) is 0 Å². The van der Waals surface area contributed by atoms with Crippen LogP contribution in [-0.2, 0) is 6.54 Å². The molecule has 0 saturated heterocycles. The van der Waals surface area contributed by atoms with Crippen LogP contribution in [0.5, 0.6) is 0 Å². The van der Waals surface area contributed by atoms with Gasteiger partial charge in [-0.25, -0.2) is 4.98 Å². The molecule has 1 amide bonds. The lowest BCUT2D eigenvalue weighted by molar-refractivity contribution is 0.100. The van der Waals surface area contributed by atoms with Crippen LogP contribution >= 0.6 is 0 Å². The molecular weight excluding hydrogens is 224 g/mol. The Balaban J connectivity index is 2.11. The van der Waals surface area contributed by atoms with Crippen molar-refractivity contribution in [3.05, 3.63) is 30.0 Å². The molecule has 2 heterocycles. The van der Waals surface area contributed by atoms with E-state index in [-0.39, 0.29) is 11.3 Å². The molecule has 0 radical (unpaired) electrons. The van der Waals surface area contributed by atoms with Crippen LogP contribution in [0.3, 0.4) is 0 Å². The van der Waals surface area contributed by atoms with E-state index in [2.05, 4.69) is 25.0 Å². The Morgan fingerprint density at radius 3 is 2.94 bits per heavy atom. The van der Waals surface area contributed by atoms with Gasteiger partial charge in [0.1, 0.15) is 5.82 Å². The van der Waals surface area contributed by atoms with E-state index in [9.17, 15) is 4.79 Å². The number of amides is 1. The van der Waals surface area contributed by atoms with Crippen LogP contribution in [0, 0.1) is 0 Å². The molecule has 0 aliphatic rings. The van der Waals surface area contributed by atoms with Crippen molar-refractivity contribution in [2.24, 2.45) is 5.73 Å². The fourth-order valence-corrected chi connectivity index (χ4v) is 1.22. The number of rotatable bonds is 4. The lowest BCUT2D eigenvalue weighted by Gasteiger charge is -2.05. The zero-order valence-electron chi connectivity index (χ0n) is 8.75. The van der Waals surface area contributed by atoms with E-state index in [1.54, 1.807) is 0 Å². The van der Waals surface area contributed by atoms with Crippen molar-refractivity contribution in [2.45, 2.75) is 6.54 Å². The van der Waals surface area contributed by atoms with Gasteiger partial charge < -0.3 is 21.3 Å². The molecule has 0 unspecified atom stereocenters. The topological polar surface area (TPSA) is 133 Å². The van der Waals surface area contributed by atoms with E-state index in [0.717, 1.165) is 0 Å². The van der Waals surface area contributed by atoms with Crippen molar-refractivity contribution in [2.75, 3.05) is 11.1 Å². The van der Waals surface area contributed by atoms with Crippen molar-refractivity contribution in [3.63, 3.8) is 0 Å². The highest BCUT2D eigenvalue weighted by molar-refractivity contribution is 5.98. The van der Waals surface area contributed by atoms with E-state index in [1.165, 1.54) is 18.7 Å². The van der Waals surface area contributed by atoms with Crippen molar-refractivity contribution < 1.29 is 9.32 Å². The predicted octanol–water partition coefficient (Wildman–Crippen LogP) is -0.242. The molecule has 5 N–H and O–H groups in total. The maximum atomic E-state index is 11.1. The highest BCUT2D eigenvalue weighted by Crippen LogP contribution is 2.14. The average molecular weight is 234 g/mol. The molecule has 2 aromatic rings. The van der Waals surface area contributed by atoms with Crippen LogP contribution in [0.1, 0.15) is 16.2 Å². The molecule has 2 aromatic heterocycles. The normalized spacial score (nSPS) is 10.1. The Labute approximate surface area is 96.0 Å². The van der Waals surface area contributed by atoms with Crippen molar-refractivity contribution in [3.8, 4) is 0 Å². The molecule has 88 valence electrons. The third kappa shape index (κ3) is 2.48. The fourth-order valence-electron chi connectivity index (χ4n) is 1.22. The van der Waals surface area contributed by atoms with Gasteiger partial charge in [-0.2, -0.15) is 4.98 Å². The van der Waals surface area contributed by atoms with Gasteiger partial charge in [-0.15, -0.1) is 0 Å². The summed E-state index contributed by atoms with van der Waals surface area (Å²) in [5, 5.41) is 6.52. The third-order valence-electron chi connectivity index (χ3n) is 2.03. The molecule has 0 saturated carbocycles. The van der Waals surface area contributed by atoms with Gasteiger partial charge in [-0.3, -0.25) is 4.79 Å². The van der Waals surface area contributed by atoms with Gasteiger partial charge in [0.25, 0.3) is 5.91 Å². The molecule has 0 aromatic carbocycles. The first kappa shape index (κ1) is 10.9. The number of nitrogen functional groups attached to an aromatic ring is 1. The van der Waals surface area contributed by atoms with Crippen LogP contribution in [0.15, 0.2) is 23.2 Å². The number of hydrogen-bond donors (Lipinski definition) is 3. The van der Waals surface area contributed by atoms with E-state index < -0.39 is 5.91 Å². The molecule has 0 aliphatic carbocycles. The molecule has 0 bridgehead atoms. The minimum Gasteiger partial charge on any atom is -0.397 e. The Bertz CT molecular complexity index is 524. The maximum Gasteiger partial charge on any atom is 0.250 e. The zero-order chi connectivity index (χ0) is 12.3. The summed E-state index contributed by atoms with van der Waals surface area (Å²) < 4.78 is 4.57. The first-order valence-corrected chi connectivity index (χ1v) is 4.71. The zero-order valence-corrected chi connectivity index (χ0v) is 8.75. The monoisotopic (exact) mass is 234 g/mol. The molecule has 0 fully saturated rings. The van der Waals surface area contributed by atoms with Crippen molar-refractivity contribution >= 4 is 17.4 Å². The van der Waals surface area contributed by atoms with Gasteiger partial charge in [-0.1, -0.05) is 5.16 Å². The van der Waals surface area contributed by atoms with Gasteiger partial charge in [0.05, 0.1) is 24.0 Å². The molecule has 0 spiro atoms. The number of nitrogens with zero attached hydrogens (tertiary/aromatic N) is 3. The van der Waals surface area contributed by atoms with Gasteiger partial charge in [0.15, 0.2) is 5.82 Å². The molecule has 8 nitrogen and oxygen atoms in total. The second-order valence-electron chi connectivity index (χ2n) is 3.22. The molecule has 8 heteroatoms. The summed E-state index contributed by atoms with van der Waals surface area (Å²) in [5.41, 5.74) is 11.2. The lowest BCUT2D eigenvalue weighted by Crippen LogP contribution is -2.14. The fraction of sp³-hybridized carbons (Fsp3) is 0.111. The highest BCUT2D eigenvalue weighted by atomic mass is 16.5. The summed E-state index contributed by atoms with van der Waals surface area (Å²) in [6.45, 7) is 0.325. The van der Waals surface area contributed by atoms with Gasteiger partial charge in [-0.05, 0) is 6.07 Å². The van der Waals surface area contributed by atoms with Gasteiger partial charge in [0.2, 0.25) is 6.39 Å². The van der Waals surface area contributed by atoms with E-state index in [0.29, 0.717) is 18.2 Å². The van der Waals surface area contributed by atoms with E-state index in [1.807, 2.05) is 0 Å². The van der Waals surface area contributed by atoms with Gasteiger partial charge >= 0.3 is 0 Å². The van der Waals surface area contributed by atoms with E-state index >= 15 is 0 Å². The Hall–Kier alpha value is -2.64. The molecule has 17 heavy (non-hydrogen) atoms. The minimum absolute atomic E-state index is 0.218. The number of aromatic nitrogens is 3. The molecular formula is C9H10N6O2. The first-order chi connectivity index (χ1) is 8.16. The number of pyridine rings is 1. The number of carbonyl (C=O) groups is 1. The summed E-state index contributed by atoms with van der Waals surface area (Å²) in [7, 11) is 0. The lowest BCUT2D eigenvalue weighted by atomic mass is 10.2. The largest absolute Gasteiger partial charge is 0.397 e. The Morgan fingerprint density at radius 1 is 1.47 bits per heavy atom. The number of hydrogen-bond acceptors (Lipinski definition) is 7. The summed E-state index contributed by atoms with van der Waals surface area (Å²) in [6, 6.07) is 1.47. The third-order valence-corrected chi connectivity index (χ3v) is 2.03. The number of nitrogens with two attached hydrogens (primary N) is 2. The van der Waals surface area contributed by atoms with Crippen molar-refractivity contribution in [1.29, 1.82) is 0 Å². The highest BCUT2D eigenvalue weighted by Gasteiger charge is 2.08. The predicted molar refractivity (Wildman–Crippen MR) is 58.8 cm³/mol. The summed E-state index contributed by atoms with van der Waals surface area (Å²) in [4.78, 5) is 18.9. The Kier molecular flexibility index (Phi) is 2.86. The van der Waals surface area contributed by atoms with E-state index in [4.69, 9.17) is 11.5 Å². The first-order valence-electron chi connectivity index (χ1n) is 4.71. The van der Waals surface area contributed by atoms with Crippen LogP contribution < -0.4 is 16.8 Å². The number of carbonyl (C=O) groups excluding carboxylic acids is 1. The smallest absolute Gasteiger partial charge is 0.250 e. The average Bonchev–Trinajstić information content (AvgIpc) is 2.80. The summed E-state index contributed by atoms with van der Waals surface area (Å²) >= 11 is 0. The number of nitrogens with one attached hydrogen (secondary N) is 1. The quantitative estimate of drug-likeness (QED) is 0.664.